The summed E-state index contributed by atoms with van der Waals surface area (Å²) in [6, 6.07) is 12.6. The third-order valence-electron chi connectivity index (χ3n) is 6.53. The molecule has 2 fully saturated rings. The lowest BCUT2D eigenvalue weighted by Gasteiger charge is -2.41. The highest BCUT2D eigenvalue weighted by atomic mass is 15.3. The third-order valence-corrected chi connectivity index (χ3v) is 6.53. The van der Waals surface area contributed by atoms with Crippen LogP contribution in [0.1, 0.15) is 44.2 Å². The van der Waals surface area contributed by atoms with Crippen molar-refractivity contribution in [3.05, 3.63) is 54.5 Å². The van der Waals surface area contributed by atoms with Gasteiger partial charge in [0.1, 0.15) is 5.82 Å². The number of benzene rings is 1. The molecule has 0 spiro atoms. The molecule has 2 aliphatic heterocycles. The number of fused-ring (bicyclic) bond motifs is 1. The highest BCUT2D eigenvalue weighted by Crippen LogP contribution is 2.35. The van der Waals surface area contributed by atoms with Crippen LogP contribution in [0.2, 0.25) is 0 Å². The number of nitrogens with zero attached hydrogens (tertiary/aromatic N) is 5. The smallest absolute Gasteiger partial charge is 0.150 e. The average molecular weight is 388 g/mol. The van der Waals surface area contributed by atoms with Crippen LogP contribution >= 0.6 is 0 Å². The third kappa shape index (κ3) is 3.66. The second-order valence-electron chi connectivity index (χ2n) is 8.45. The van der Waals surface area contributed by atoms with E-state index in [1.165, 1.54) is 36.8 Å². The summed E-state index contributed by atoms with van der Waals surface area (Å²) in [6.45, 7) is 6.45. The van der Waals surface area contributed by atoms with E-state index in [2.05, 4.69) is 53.1 Å². The van der Waals surface area contributed by atoms with E-state index in [0.29, 0.717) is 5.92 Å². The van der Waals surface area contributed by atoms with Gasteiger partial charge in [-0.3, -0.25) is 4.98 Å². The largest absolute Gasteiger partial charge is 0.355 e. The number of para-hydroxylation sites is 1. The second-order valence-corrected chi connectivity index (χ2v) is 8.45. The van der Waals surface area contributed by atoms with Crippen LogP contribution in [0.25, 0.3) is 10.9 Å². The summed E-state index contributed by atoms with van der Waals surface area (Å²) in [5, 5.41) is 1.19. The summed E-state index contributed by atoms with van der Waals surface area (Å²) in [5.74, 6) is 3.37. The Kier molecular flexibility index (Phi) is 5.04. The first kappa shape index (κ1) is 18.3. The van der Waals surface area contributed by atoms with Crippen molar-refractivity contribution in [3.8, 4) is 0 Å². The van der Waals surface area contributed by atoms with Crippen molar-refractivity contribution in [1.82, 2.24) is 15.0 Å². The molecular weight excluding hydrogens is 358 g/mol. The summed E-state index contributed by atoms with van der Waals surface area (Å²) in [7, 11) is 0. The molecule has 2 saturated heterocycles. The molecule has 5 heteroatoms. The Morgan fingerprint density at radius 2 is 1.79 bits per heavy atom. The Morgan fingerprint density at radius 3 is 2.69 bits per heavy atom. The fourth-order valence-electron chi connectivity index (χ4n) is 4.70. The number of aromatic nitrogens is 3. The minimum atomic E-state index is 0.426. The zero-order valence-electron chi connectivity index (χ0n) is 17.2. The van der Waals surface area contributed by atoms with Crippen molar-refractivity contribution in [3.63, 3.8) is 0 Å². The van der Waals surface area contributed by atoms with Gasteiger partial charge in [0.2, 0.25) is 0 Å². The lowest BCUT2D eigenvalue weighted by molar-refractivity contribution is 0.477. The van der Waals surface area contributed by atoms with Crippen LogP contribution in [-0.4, -0.2) is 41.1 Å². The molecule has 0 bridgehead atoms. The molecule has 0 amide bonds. The highest BCUT2D eigenvalue weighted by Gasteiger charge is 2.34. The van der Waals surface area contributed by atoms with Crippen molar-refractivity contribution < 1.29 is 0 Å². The molecule has 3 aromatic rings. The summed E-state index contributed by atoms with van der Waals surface area (Å²) in [4.78, 5) is 19.3. The van der Waals surface area contributed by atoms with E-state index in [0.717, 1.165) is 49.2 Å². The molecule has 0 aliphatic carbocycles. The predicted octanol–water partition coefficient (Wildman–Crippen LogP) is 4.65. The number of pyridine rings is 1. The monoisotopic (exact) mass is 387 g/mol. The molecule has 1 aromatic carbocycles. The maximum absolute atomic E-state index is 4.85. The SMILES string of the molecule is CC[C@@H]1CCCCN(c2nccnc2C2CN(c3ccc4ccccc4n3)C2)C1. The first-order valence-corrected chi connectivity index (χ1v) is 11.0. The predicted molar refractivity (Wildman–Crippen MR) is 119 cm³/mol. The Morgan fingerprint density at radius 1 is 0.931 bits per heavy atom. The van der Waals surface area contributed by atoms with E-state index in [1.807, 2.05) is 12.4 Å². The quantitative estimate of drug-likeness (QED) is 0.652. The molecule has 4 heterocycles. The number of hydrogen-bond donors (Lipinski definition) is 0. The highest BCUT2D eigenvalue weighted by molar-refractivity contribution is 5.80. The van der Waals surface area contributed by atoms with Gasteiger partial charge < -0.3 is 9.80 Å². The van der Waals surface area contributed by atoms with Gasteiger partial charge >= 0.3 is 0 Å². The van der Waals surface area contributed by atoms with Gasteiger partial charge in [0.25, 0.3) is 0 Å². The van der Waals surface area contributed by atoms with Gasteiger partial charge in [-0.2, -0.15) is 0 Å². The standard InChI is InChI=1S/C24H29N5/c1-2-18-7-5-6-14-28(15-18)24-23(25-12-13-26-24)20-16-29(17-20)22-11-10-19-8-3-4-9-21(19)27-22/h3-4,8-13,18,20H,2,5-7,14-17H2,1H3/t18-/m1/s1. The number of hydrogen-bond acceptors (Lipinski definition) is 5. The summed E-state index contributed by atoms with van der Waals surface area (Å²) < 4.78 is 0. The first-order valence-electron chi connectivity index (χ1n) is 11.0. The minimum absolute atomic E-state index is 0.426. The lowest BCUT2D eigenvalue weighted by Crippen LogP contribution is -2.46. The molecule has 1 atom stereocenters. The molecule has 5 rings (SSSR count). The van der Waals surface area contributed by atoms with Crippen molar-refractivity contribution in [2.45, 2.75) is 38.5 Å². The van der Waals surface area contributed by atoms with Crippen LogP contribution in [0.5, 0.6) is 0 Å². The van der Waals surface area contributed by atoms with Gasteiger partial charge in [-0.15, -0.1) is 0 Å². The lowest BCUT2D eigenvalue weighted by atomic mass is 9.95. The summed E-state index contributed by atoms with van der Waals surface area (Å²) in [6.07, 6.45) is 8.88. The van der Waals surface area contributed by atoms with Crippen LogP contribution in [0.15, 0.2) is 48.8 Å². The molecule has 0 unspecified atom stereocenters. The number of anilines is 2. The average Bonchev–Trinajstić information content (AvgIpc) is 2.99. The van der Waals surface area contributed by atoms with E-state index in [-0.39, 0.29) is 0 Å². The second kappa shape index (κ2) is 7.97. The van der Waals surface area contributed by atoms with Crippen molar-refractivity contribution in [2.75, 3.05) is 36.0 Å². The van der Waals surface area contributed by atoms with Crippen LogP contribution in [-0.2, 0) is 0 Å². The van der Waals surface area contributed by atoms with E-state index in [1.54, 1.807) is 0 Å². The van der Waals surface area contributed by atoms with Gasteiger partial charge in [-0.25, -0.2) is 9.97 Å². The van der Waals surface area contributed by atoms with Gasteiger partial charge in [0.05, 0.1) is 11.2 Å². The van der Waals surface area contributed by atoms with Crippen LogP contribution in [0, 0.1) is 5.92 Å². The fourth-order valence-corrected chi connectivity index (χ4v) is 4.70. The van der Waals surface area contributed by atoms with Crippen LogP contribution in [0.4, 0.5) is 11.6 Å². The maximum atomic E-state index is 4.85. The normalized spacial score (nSPS) is 20.5. The zero-order chi connectivity index (χ0) is 19.6. The van der Waals surface area contributed by atoms with E-state index in [4.69, 9.17) is 15.0 Å². The molecular formula is C24H29N5. The van der Waals surface area contributed by atoms with Crippen molar-refractivity contribution in [1.29, 1.82) is 0 Å². The molecule has 150 valence electrons. The maximum Gasteiger partial charge on any atom is 0.150 e. The van der Waals surface area contributed by atoms with E-state index in [9.17, 15) is 0 Å². The Labute approximate surface area is 172 Å². The number of rotatable bonds is 4. The first-order chi connectivity index (χ1) is 14.3. The topological polar surface area (TPSA) is 45.2 Å². The molecule has 0 N–H and O–H groups in total. The summed E-state index contributed by atoms with van der Waals surface area (Å²) >= 11 is 0. The van der Waals surface area contributed by atoms with Gasteiger partial charge in [-0.05, 0) is 37.0 Å². The van der Waals surface area contributed by atoms with E-state index >= 15 is 0 Å². The zero-order valence-corrected chi connectivity index (χ0v) is 17.2. The molecule has 0 radical (unpaired) electrons. The molecule has 5 nitrogen and oxygen atoms in total. The molecule has 2 aromatic heterocycles. The van der Waals surface area contributed by atoms with Gasteiger partial charge in [0.15, 0.2) is 5.82 Å². The Bertz CT molecular complexity index is 982. The molecule has 29 heavy (non-hydrogen) atoms. The van der Waals surface area contributed by atoms with Crippen LogP contribution in [0.3, 0.4) is 0 Å². The van der Waals surface area contributed by atoms with Gasteiger partial charge in [0, 0.05) is 49.9 Å². The fraction of sp³-hybridized carbons (Fsp3) is 0.458. The van der Waals surface area contributed by atoms with Crippen molar-refractivity contribution >= 4 is 22.5 Å². The Hall–Kier alpha value is -2.69. The minimum Gasteiger partial charge on any atom is -0.355 e. The Balaban J connectivity index is 1.34. The van der Waals surface area contributed by atoms with Crippen LogP contribution < -0.4 is 9.80 Å². The molecule has 2 aliphatic rings. The summed E-state index contributed by atoms with van der Waals surface area (Å²) in [5.41, 5.74) is 2.23. The molecule has 0 saturated carbocycles. The van der Waals surface area contributed by atoms with Crippen molar-refractivity contribution in [2.24, 2.45) is 5.92 Å². The van der Waals surface area contributed by atoms with Gasteiger partial charge in [-0.1, -0.05) is 38.0 Å². The van der Waals surface area contributed by atoms with E-state index < -0.39 is 0 Å².